The highest BCUT2D eigenvalue weighted by Crippen LogP contribution is 2.21. The molecular weight excluding hydrogens is 364 g/mol. The van der Waals surface area contributed by atoms with Gasteiger partial charge in [0, 0.05) is 6.54 Å². The molecule has 1 saturated heterocycles. The molecular formula is C19H34N4O5. The Morgan fingerprint density at radius 2 is 1.71 bits per heavy atom. The Kier molecular flexibility index (Phi) is 8.87. The summed E-state index contributed by atoms with van der Waals surface area (Å²) in [6.07, 6.45) is 1.60. The first kappa shape index (κ1) is 23.9. The summed E-state index contributed by atoms with van der Waals surface area (Å²) < 4.78 is 0. The number of nitrogens with two attached hydrogens (primary N) is 1. The van der Waals surface area contributed by atoms with Gasteiger partial charge >= 0.3 is 5.97 Å². The minimum Gasteiger partial charge on any atom is -0.480 e. The van der Waals surface area contributed by atoms with Gasteiger partial charge in [0.1, 0.15) is 18.1 Å². The van der Waals surface area contributed by atoms with E-state index in [1.165, 1.54) is 11.8 Å². The lowest BCUT2D eigenvalue weighted by molar-refractivity contribution is -0.145. The monoisotopic (exact) mass is 398 g/mol. The van der Waals surface area contributed by atoms with Crippen molar-refractivity contribution < 1.29 is 24.3 Å². The SMILES string of the molecule is CC(C)CC(N)C(=O)NC(C(=O)N1CCCC1C(=O)NC(C)C(=O)O)C(C)C. The zero-order chi connectivity index (χ0) is 21.6. The molecule has 9 heteroatoms. The highest BCUT2D eigenvalue weighted by molar-refractivity contribution is 5.94. The molecule has 0 radical (unpaired) electrons. The van der Waals surface area contributed by atoms with E-state index >= 15 is 0 Å². The van der Waals surface area contributed by atoms with Crippen LogP contribution in [0.25, 0.3) is 0 Å². The first-order valence-electron chi connectivity index (χ1n) is 9.85. The molecule has 0 aliphatic carbocycles. The molecule has 0 bridgehead atoms. The maximum atomic E-state index is 13.1. The van der Waals surface area contributed by atoms with Crippen molar-refractivity contribution in [1.29, 1.82) is 0 Å². The third-order valence-electron chi connectivity index (χ3n) is 4.86. The van der Waals surface area contributed by atoms with E-state index in [0.717, 1.165) is 0 Å². The predicted octanol–water partition coefficient (Wildman–Crippen LogP) is 0.0809. The van der Waals surface area contributed by atoms with Gasteiger partial charge in [-0.15, -0.1) is 0 Å². The van der Waals surface area contributed by atoms with Crippen LogP contribution in [0, 0.1) is 11.8 Å². The largest absolute Gasteiger partial charge is 0.480 e. The van der Waals surface area contributed by atoms with Crippen LogP contribution < -0.4 is 16.4 Å². The molecule has 1 rings (SSSR count). The molecule has 1 heterocycles. The lowest BCUT2D eigenvalue weighted by Gasteiger charge is -2.31. The normalized spacial score (nSPS) is 20.0. The molecule has 4 atom stereocenters. The fourth-order valence-corrected chi connectivity index (χ4v) is 3.24. The maximum Gasteiger partial charge on any atom is 0.325 e. The molecule has 0 spiro atoms. The van der Waals surface area contributed by atoms with Gasteiger partial charge in [-0.2, -0.15) is 0 Å². The molecule has 1 fully saturated rings. The highest BCUT2D eigenvalue weighted by Gasteiger charge is 2.39. The van der Waals surface area contributed by atoms with E-state index in [-0.39, 0.29) is 23.7 Å². The Hall–Kier alpha value is -2.16. The Morgan fingerprint density at radius 1 is 1.11 bits per heavy atom. The van der Waals surface area contributed by atoms with E-state index < -0.39 is 36.0 Å². The lowest BCUT2D eigenvalue weighted by atomic mass is 9.99. The summed E-state index contributed by atoms with van der Waals surface area (Å²) in [6, 6.07) is -3.28. The molecule has 0 aromatic heterocycles. The number of carboxylic acids is 1. The van der Waals surface area contributed by atoms with Crippen molar-refractivity contribution >= 4 is 23.7 Å². The van der Waals surface area contributed by atoms with Gasteiger partial charge in [-0.3, -0.25) is 19.2 Å². The first-order valence-corrected chi connectivity index (χ1v) is 9.85. The van der Waals surface area contributed by atoms with E-state index in [0.29, 0.717) is 25.8 Å². The number of hydrogen-bond donors (Lipinski definition) is 4. The van der Waals surface area contributed by atoms with Gasteiger partial charge in [-0.1, -0.05) is 27.7 Å². The molecule has 28 heavy (non-hydrogen) atoms. The molecule has 0 saturated carbocycles. The summed E-state index contributed by atoms with van der Waals surface area (Å²) in [5, 5.41) is 14.1. The average Bonchev–Trinajstić information content (AvgIpc) is 3.07. The number of carbonyl (C=O) groups excluding carboxylic acids is 3. The number of hydrogen-bond acceptors (Lipinski definition) is 5. The summed E-state index contributed by atoms with van der Waals surface area (Å²) in [4.78, 5) is 50.3. The summed E-state index contributed by atoms with van der Waals surface area (Å²) >= 11 is 0. The van der Waals surface area contributed by atoms with E-state index in [4.69, 9.17) is 10.8 Å². The van der Waals surface area contributed by atoms with Gasteiger partial charge in [0.15, 0.2) is 0 Å². The number of nitrogens with one attached hydrogen (secondary N) is 2. The van der Waals surface area contributed by atoms with E-state index in [1.54, 1.807) is 0 Å². The van der Waals surface area contributed by atoms with E-state index in [1.807, 2.05) is 27.7 Å². The van der Waals surface area contributed by atoms with Crippen molar-refractivity contribution in [3.63, 3.8) is 0 Å². The molecule has 9 nitrogen and oxygen atoms in total. The summed E-state index contributed by atoms with van der Waals surface area (Å²) in [7, 11) is 0. The van der Waals surface area contributed by atoms with E-state index in [9.17, 15) is 19.2 Å². The van der Waals surface area contributed by atoms with Crippen LogP contribution in [0.2, 0.25) is 0 Å². The van der Waals surface area contributed by atoms with Crippen LogP contribution >= 0.6 is 0 Å². The second-order valence-electron chi connectivity index (χ2n) is 8.22. The van der Waals surface area contributed by atoms with Crippen LogP contribution in [0.4, 0.5) is 0 Å². The predicted molar refractivity (Wildman–Crippen MR) is 104 cm³/mol. The maximum absolute atomic E-state index is 13.1. The fourth-order valence-electron chi connectivity index (χ4n) is 3.24. The Labute approximate surface area is 166 Å². The summed E-state index contributed by atoms with van der Waals surface area (Å²) in [6.45, 7) is 9.31. The zero-order valence-electron chi connectivity index (χ0n) is 17.4. The van der Waals surface area contributed by atoms with Gasteiger partial charge in [0.05, 0.1) is 6.04 Å². The quantitative estimate of drug-likeness (QED) is 0.433. The number of nitrogens with zero attached hydrogens (tertiary/aromatic N) is 1. The highest BCUT2D eigenvalue weighted by atomic mass is 16.4. The van der Waals surface area contributed by atoms with Crippen molar-refractivity contribution in [2.24, 2.45) is 17.6 Å². The van der Waals surface area contributed by atoms with Crippen molar-refractivity contribution in [1.82, 2.24) is 15.5 Å². The smallest absolute Gasteiger partial charge is 0.325 e. The number of amides is 3. The van der Waals surface area contributed by atoms with Crippen LogP contribution in [0.5, 0.6) is 0 Å². The van der Waals surface area contributed by atoms with E-state index in [2.05, 4.69) is 10.6 Å². The standard InChI is InChI=1S/C19H34N4O5/c1-10(2)9-13(20)16(24)22-15(11(3)4)18(26)23-8-6-7-14(23)17(25)21-12(5)19(27)28/h10-15H,6-9,20H2,1-5H3,(H,21,25)(H,22,24)(H,27,28). The van der Waals surface area contributed by atoms with Crippen molar-refractivity contribution in [3.8, 4) is 0 Å². The van der Waals surface area contributed by atoms with Crippen molar-refractivity contribution in [2.45, 2.75) is 78.0 Å². The Balaban J connectivity index is 2.86. The van der Waals surface area contributed by atoms with Gasteiger partial charge in [-0.25, -0.2) is 0 Å². The second kappa shape index (κ2) is 10.4. The average molecular weight is 399 g/mol. The number of likely N-dealkylation sites (tertiary alicyclic amines) is 1. The van der Waals surface area contributed by atoms with Crippen LogP contribution in [0.1, 0.15) is 53.9 Å². The molecule has 160 valence electrons. The molecule has 4 unspecified atom stereocenters. The van der Waals surface area contributed by atoms with Crippen LogP contribution in [0.15, 0.2) is 0 Å². The van der Waals surface area contributed by atoms with Crippen LogP contribution in [-0.4, -0.2) is 64.4 Å². The fraction of sp³-hybridized carbons (Fsp3) is 0.789. The van der Waals surface area contributed by atoms with Gasteiger partial charge in [0.25, 0.3) is 0 Å². The number of carbonyl (C=O) groups is 4. The zero-order valence-corrected chi connectivity index (χ0v) is 17.4. The summed E-state index contributed by atoms with van der Waals surface area (Å²) in [5.41, 5.74) is 5.92. The lowest BCUT2D eigenvalue weighted by Crippen LogP contribution is -2.58. The topological polar surface area (TPSA) is 142 Å². The third kappa shape index (κ3) is 6.47. The van der Waals surface area contributed by atoms with Gasteiger partial charge < -0.3 is 26.4 Å². The summed E-state index contributed by atoms with van der Waals surface area (Å²) in [5.74, 6) is -2.32. The minimum absolute atomic E-state index is 0.190. The molecule has 0 aromatic rings. The van der Waals surface area contributed by atoms with Gasteiger partial charge in [-0.05, 0) is 38.0 Å². The van der Waals surface area contributed by atoms with Crippen molar-refractivity contribution in [2.75, 3.05) is 6.54 Å². The molecule has 5 N–H and O–H groups in total. The molecule has 1 aliphatic heterocycles. The van der Waals surface area contributed by atoms with Crippen molar-refractivity contribution in [3.05, 3.63) is 0 Å². The molecule has 1 aliphatic rings. The second-order valence-corrected chi connectivity index (χ2v) is 8.22. The van der Waals surface area contributed by atoms with Crippen LogP contribution in [-0.2, 0) is 19.2 Å². The number of aliphatic carboxylic acids is 1. The number of carboxylic acid groups (broad SMARTS) is 1. The Morgan fingerprint density at radius 3 is 2.21 bits per heavy atom. The molecule has 0 aromatic carbocycles. The first-order chi connectivity index (χ1) is 13.0. The number of rotatable bonds is 9. The Bertz CT molecular complexity index is 593. The molecule has 3 amide bonds. The van der Waals surface area contributed by atoms with Gasteiger partial charge in [0.2, 0.25) is 17.7 Å². The minimum atomic E-state index is -1.14. The third-order valence-corrected chi connectivity index (χ3v) is 4.86. The van der Waals surface area contributed by atoms with Crippen LogP contribution in [0.3, 0.4) is 0 Å².